The number of nitrogens with zero attached hydrogens (tertiary/aromatic N) is 1. The van der Waals surface area contributed by atoms with E-state index in [1.165, 1.54) is 289 Å². The summed E-state index contributed by atoms with van der Waals surface area (Å²) in [5, 5.41) is 9.75. The van der Waals surface area contributed by atoms with Crippen LogP contribution < -0.4 is 0 Å². The number of quaternary nitrogens is 1. The van der Waals surface area contributed by atoms with E-state index in [0.29, 0.717) is 17.4 Å². The van der Waals surface area contributed by atoms with Crippen LogP contribution in [0.3, 0.4) is 0 Å². The first-order valence-electron chi connectivity index (χ1n) is 36.2. The van der Waals surface area contributed by atoms with Crippen LogP contribution in [0.1, 0.15) is 361 Å². The summed E-state index contributed by atoms with van der Waals surface area (Å²) in [5.74, 6) is -1.98. The maximum Gasteiger partial charge on any atom is 0.361 e. The first-order valence-corrected chi connectivity index (χ1v) is 36.2. The first-order chi connectivity index (χ1) is 40.6. The Morgan fingerprint density at radius 1 is 0.361 bits per heavy atom. The molecule has 0 amide bonds. The molecule has 0 saturated carbocycles. The lowest BCUT2D eigenvalue weighted by Gasteiger charge is -2.25. The molecule has 83 heavy (non-hydrogen) atoms. The van der Waals surface area contributed by atoms with Crippen LogP contribution in [0, 0.1) is 0 Å². The summed E-state index contributed by atoms with van der Waals surface area (Å²) >= 11 is 0. The standard InChI is InChI=1S/C74H139NO8/c1-6-8-10-12-14-16-18-20-22-24-26-28-30-32-33-34-35-36-37-38-39-41-43-45-47-49-51-53-55-57-59-61-63-65-72(77)83-70(69-82-74(73(78)79)80-67-66-75(3,4)5)68-81-71(76)64-62-60-58-56-54-52-50-48-46-44-42-40-31-29-27-25-23-21-19-17-15-13-11-9-7-2/h18,20,24-27,70,74H,6-17,19,21-23,28-69H2,1-5H3/p+1/b20-18-,26-24-,27-25-. The number of hydrogen-bond acceptors (Lipinski definition) is 7. The zero-order chi connectivity index (χ0) is 60.5. The number of carboxylic acid groups (broad SMARTS) is 1. The molecule has 488 valence electrons. The van der Waals surface area contributed by atoms with Crippen molar-refractivity contribution in [1.29, 1.82) is 0 Å². The Balaban J connectivity index is 4.04. The van der Waals surface area contributed by atoms with E-state index >= 15 is 0 Å². The molecule has 9 heteroatoms. The lowest BCUT2D eigenvalue weighted by molar-refractivity contribution is -0.870. The van der Waals surface area contributed by atoms with Gasteiger partial charge < -0.3 is 28.5 Å². The van der Waals surface area contributed by atoms with Gasteiger partial charge in [-0.25, -0.2) is 4.79 Å². The van der Waals surface area contributed by atoms with Gasteiger partial charge in [0.1, 0.15) is 13.2 Å². The summed E-state index contributed by atoms with van der Waals surface area (Å²) < 4.78 is 23.0. The highest BCUT2D eigenvalue weighted by molar-refractivity contribution is 5.71. The molecule has 0 aliphatic heterocycles. The van der Waals surface area contributed by atoms with E-state index in [1.54, 1.807) is 0 Å². The lowest BCUT2D eigenvalue weighted by Crippen LogP contribution is -2.40. The lowest BCUT2D eigenvalue weighted by atomic mass is 10.0. The van der Waals surface area contributed by atoms with Crippen molar-refractivity contribution in [2.24, 2.45) is 0 Å². The summed E-state index contributed by atoms with van der Waals surface area (Å²) in [5.41, 5.74) is 0. The molecule has 0 bridgehead atoms. The highest BCUT2D eigenvalue weighted by Crippen LogP contribution is 2.19. The molecule has 0 aromatic heterocycles. The fraction of sp³-hybridized carbons (Fsp3) is 0.878. The average molecular weight is 1170 g/mol. The number of carbonyl (C=O) groups excluding carboxylic acids is 2. The van der Waals surface area contributed by atoms with Gasteiger partial charge in [-0.1, -0.05) is 314 Å². The Morgan fingerprint density at radius 3 is 0.964 bits per heavy atom. The largest absolute Gasteiger partial charge is 0.477 e. The van der Waals surface area contributed by atoms with E-state index in [0.717, 1.165) is 44.9 Å². The zero-order valence-corrected chi connectivity index (χ0v) is 55.9. The van der Waals surface area contributed by atoms with E-state index < -0.39 is 18.4 Å². The summed E-state index contributed by atoms with van der Waals surface area (Å²) in [6.07, 6.45) is 79.8. The number of rotatable bonds is 68. The Morgan fingerprint density at radius 2 is 0.651 bits per heavy atom. The van der Waals surface area contributed by atoms with Crippen molar-refractivity contribution in [3.8, 4) is 0 Å². The van der Waals surface area contributed by atoms with Crippen molar-refractivity contribution >= 4 is 17.9 Å². The smallest absolute Gasteiger partial charge is 0.361 e. The zero-order valence-electron chi connectivity index (χ0n) is 55.9. The Hall–Kier alpha value is -2.49. The van der Waals surface area contributed by atoms with Crippen LogP contribution in [-0.4, -0.2) is 87.4 Å². The Labute approximate surface area is 515 Å². The molecule has 2 unspecified atom stereocenters. The van der Waals surface area contributed by atoms with E-state index in [2.05, 4.69) is 50.3 Å². The number of unbranched alkanes of at least 4 members (excludes halogenated alkanes) is 47. The van der Waals surface area contributed by atoms with Crippen LogP contribution in [0.25, 0.3) is 0 Å². The molecule has 9 nitrogen and oxygen atoms in total. The van der Waals surface area contributed by atoms with Gasteiger partial charge in [0, 0.05) is 12.8 Å². The van der Waals surface area contributed by atoms with Crippen LogP contribution >= 0.6 is 0 Å². The molecule has 0 radical (unpaired) electrons. The van der Waals surface area contributed by atoms with Crippen LogP contribution in [0.4, 0.5) is 0 Å². The van der Waals surface area contributed by atoms with Crippen LogP contribution in [0.5, 0.6) is 0 Å². The van der Waals surface area contributed by atoms with Gasteiger partial charge in [-0.15, -0.1) is 0 Å². The molecule has 0 heterocycles. The maximum absolute atomic E-state index is 13.0. The highest BCUT2D eigenvalue weighted by atomic mass is 16.7. The Bertz CT molecular complexity index is 1450. The number of carbonyl (C=O) groups is 3. The molecule has 2 atom stereocenters. The minimum atomic E-state index is -1.51. The second-order valence-corrected chi connectivity index (χ2v) is 25.9. The first kappa shape index (κ1) is 80.5. The highest BCUT2D eigenvalue weighted by Gasteiger charge is 2.25. The third kappa shape index (κ3) is 66.9. The van der Waals surface area contributed by atoms with Crippen LogP contribution in [-0.2, 0) is 33.3 Å². The number of allylic oxidation sites excluding steroid dienone is 6. The normalized spacial score (nSPS) is 12.8. The summed E-state index contributed by atoms with van der Waals surface area (Å²) in [4.78, 5) is 37.6. The number of esters is 2. The fourth-order valence-corrected chi connectivity index (χ4v) is 10.8. The molecule has 0 aromatic rings. The predicted molar refractivity (Wildman–Crippen MR) is 355 cm³/mol. The van der Waals surface area contributed by atoms with Crippen molar-refractivity contribution in [3.05, 3.63) is 36.5 Å². The quantitative estimate of drug-likeness (QED) is 0.0211. The fourth-order valence-electron chi connectivity index (χ4n) is 10.8. The number of aliphatic carboxylic acids is 1. The minimum absolute atomic E-state index is 0.177. The van der Waals surface area contributed by atoms with Gasteiger partial charge in [-0.05, 0) is 70.6 Å². The average Bonchev–Trinajstić information content (AvgIpc) is 3.46. The third-order valence-electron chi connectivity index (χ3n) is 16.4. The summed E-state index contributed by atoms with van der Waals surface area (Å²) in [7, 11) is 5.99. The van der Waals surface area contributed by atoms with E-state index in [4.69, 9.17) is 18.9 Å². The Kier molecular flexibility index (Phi) is 63.5. The molecule has 0 rings (SSSR count). The van der Waals surface area contributed by atoms with E-state index in [1.807, 2.05) is 21.1 Å². The molecular formula is C74H140NO8+. The molecule has 0 aromatic carbocycles. The summed E-state index contributed by atoms with van der Waals surface area (Å²) in [6, 6.07) is 0. The van der Waals surface area contributed by atoms with Gasteiger partial charge in [0.25, 0.3) is 6.29 Å². The van der Waals surface area contributed by atoms with Crippen molar-refractivity contribution in [2.45, 2.75) is 373 Å². The number of hydrogen-bond donors (Lipinski definition) is 1. The second kappa shape index (κ2) is 65.5. The molecular weight excluding hydrogens is 1030 g/mol. The molecule has 0 aliphatic carbocycles. The van der Waals surface area contributed by atoms with Crippen molar-refractivity contribution in [3.63, 3.8) is 0 Å². The van der Waals surface area contributed by atoms with Gasteiger partial charge >= 0.3 is 17.9 Å². The van der Waals surface area contributed by atoms with Gasteiger partial charge in [-0.3, -0.25) is 9.59 Å². The minimum Gasteiger partial charge on any atom is -0.477 e. The summed E-state index contributed by atoms with van der Waals surface area (Å²) in [6.45, 7) is 4.93. The van der Waals surface area contributed by atoms with Crippen molar-refractivity contribution < 1.29 is 42.9 Å². The number of likely N-dealkylation sites (N-methyl/N-ethyl adjacent to an activating group) is 1. The van der Waals surface area contributed by atoms with Gasteiger partial charge in [0.2, 0.25) is 0 Å². The topological polar surface area (TPSA) is 108 Å². The molecule has 0 spiro atoms. The molecule has 0 fully saturated rings. The third-order valence-corrected chi connectivity index (χ3v) is 16.4. The van der Waals surface area contributed by atoms with Gasteiger partial charge in [0.15, 0.2) is 6.10 Å². The van der Waals surface area contributed by atoms with Crippen LogP contribution in [0.2, 0.25) is 0 Å². The van der Waals surface area contributed by atoms with Gasteiger partial charge in [0.05, 0.1) is 34.4 Å². The molecule has 1 N–H and O–H groups in total. The van der Waals surface area contributed by atoms with E-state index in [-0.39, 0.29) is 38.2 Å². The SMILES string of the molecule is CCCCCCC/C=C\C/C=C\CCCCCCCCCCCCCCCCCCCCCCCC(=O)OC(COC(=O)CCCCCCCCCCCCCCC/C=C\CCCCCCCCCC)COC(OCC[N+](C)(C)C)C(=O)O. The number of carboxylic acids is 1. The molecule has 0 aliphatic rings. The van der Waals surface area contributed by atoms with E-state index in [9.17, 15) is 19.5 Å². The van der Waals surface area contributed by atoms with Crippen molar-refractivity contribution in [2.75, 3.05) is 47.5 Å². The maximum atomic E-state index is 13.0. The van der Waals surface area contributed by atoms with Crippen molar-refractivity contribution in [1.82, 2.24) is 0 Å². The van der Waals surface area contributed by atoms with Gasteiger partial charge in [-0.2, -0.15) is 0 Å². The second-order valence-electron chi connectivity index (χ2n) is 25.9. The predicted octanol–water partition coefficient (Wildman–Crippen LogP) is 22.4. The molecule has 0 saturated heterocycles. The number of ether oxygens (including phenoxy) is 4. The van der Waals surface area contributed by atoms with Crippen LogP contribution in [0.15, 0.2) is 36.5 Å². The monoisotopic (exact) mass is 1170 g/mol.